The fourth-order valence-corrected chi connectivity index (χ4v) is 5.56. The number of fused-ring (bicyclic) bond motifs is 1. The van der Waals surface area contributed by atoms with Crippen LogP contribution in [-0.2, 0) is 9.84 Å². The lowest BCUT2D eigenvalue weighted by molar-refractivity contribution is 0.252. The van der Waals surface area contributed by atoms with E-state index in [0.717, 1.165) is 19.5 Å². The van der Waals surface area contributed by atoms with Crippen molar-refractivity contribution in [1.82, 2.24) is 4.90 Å². The molecule has 0 unspecified atom stereocenters. The van der Waals surface area contributed by atoms with Gasteiger partial charge in [0.25, 0.3) is 0 Å². The van der Waals surface area contributed by atoms with Crippen molar-refractivity contribution >= 4 is 9.84 Å². The molecule has 0 amide bonds. The van der Waals surface area contributed by atoms with E-state index in [1.54, 1.807) is 0 Å². The molecule has 0 bridgehead atoms. The fourth-order valence-electron chi connectivity index (χ4n) is 3.39. The van der Waals surface area contributed by atoms with Crippen LogP contribution in [0.15, 0.2) is 12.2 Å². The van der Waals surface area contributed by atoms with E-state index in [9.17, 15) is 8.42 Å². The highest BCUT2D eigenvalue weighted by Crippen LogP contribution is 2.35. The summed E-state index contributed by atoms with van der Waals surface area (Å²) in [4.78, 5) is 2.39. The Balaban J connectivity index is 1.74. The summed E-state index contributed by atoms with van der Waals surface area (Å²) in [6.45, 7) is 1.78. The van der Waals surface area contributed by atoms with Gasteiger partial charge in [-0.3, -0.25) is 4.90 Å². The molecule has 0 radical (unpaired) electrons. The molecule has 2 saturated heterocycles. The quantitative estimate of drug-likeness (QED) is 0.648. The molecule has 0 aromatic heterocycles. The van der Waals surface area contributed by atoms with Crippen molar-refractivity contribution in [1.29, 1.82) is 0 Å². The summed E-state index contributed by atoms with van der Waals surface area (Å²) in [5.74, 6) is 0.844. The molecule has 0 aromatic rings. The lowest BCUT2D eigenvalue weighted by atomic mass is 10.0. The largest absolute Gasteiger partial charge is 0.295 e. The van der Waals surface area contributed by atoms with E-state index in [-0.39, 0.29) is 5.25 Å². The first-order chi connectivity index (χ1) is 7.67. The Labute approximate surface area is 97.4 Å². The van der Waals surface area contributed by atoms with Crippen LogP contribution < -0.4 is 0 Å². The lowest BCUT2D eigenvalue weighted by Gasteiger charge is -2.27. The second-order valence-electron chi connectivity index (χ2n) is 5.33. The van der Waals surface area contributed by atoms with E-state index in [2.05, 4.69) is 17.1 Å². The maximum Gasteiger partial charge on any atom is 0.154 e. The molecule has 4 heteroatoms. The van der Waals surface area contributed by atoms with Gasteiger partial charge in [-0.1, -0.05) is 12.2 Å². The third-order valence-electron chi connectivity index (χ3n) is 4.34. The van der Waals surface area contributed by atoms with Gasteiger partial charge in [0.05, 0.1) is 11.0 Å². The van der Waals surface area contributed by atoms with Crippen LogP contribution in [0.4, 0.5) is 0 Å². The zero-order valence-electron chi connectivity index (χ0n) is 9.51. The van der Waals surface area contributed by atoms with Crippen molar-refractivity contribution in [3.63, 3.8) is 0 Å². The zero-order chi connectivity index (χ0) is 11.2. The molecule has 90 valence electrons. The van der Waals surface area contributed by atoms with Gasteiger partial charge in [-0.25, -0.2) is 8.42 Å². The summed E-state index contributed by atoms with van der Waals surface area (Å²) < 4.78 is 23.7. The third kappa shape index (κ3) is 1.72. The van der Waals surface area contributed by atoms with E-state index in [4.69, 9.17) is 0 Å². The molecular formula is C12H19NO2S. The number of hydrogen-bond donors (Lipinski definition) is 0. The zero-order valence-corrected chi connectivity index (χ0v) is 10.3. The van der Waals surface area contributed by atoms with Crippen molar-refractivity contribution in [2.45, 2.75) is 37.0 Å². The van der Waals surface area contributed by atoms with Gasteiger partial charge in [0.1, 0.15) is 0 Å². The van der Waals surface area contributed by atoms with Crippen molar-refractivity contribution in [2.75, 3.05) is 18.8 Å². The molecule has 3 nitrogen and oxygen atoms in total. The summed E-state index contributed by atoms with van der Waals surface area (Å²) >= 11 is 0. The molecule has 0 aromatic carbocycles. The molecule has 2 fully saturated rings. The average Bonchev–Trinajstić information content (AvgIpc) is 2.82. The summed E-state index contributed by atoms with van der Waals surface area (Å²) in [6, 6.07) is 0.509. The van der Waals surface area contributed by atoms with E-state index >= 15 is 0 Å². The minimum absolute atomic E-state index is 0.0529. The van der Waals surface area contributed by atoms with Gasteiger partial charge in [0.15, 0.2) is 9.84 Å². The predicted octanol–water partition coefficient (Wildman–Crippen LogP) is 1.21. The van der Waals surface area contributed by atoms with Crippen LogP contribution in [-0.4, -0.2) is 43.5 Å². The topological polar surface area (TPSA) is 37.4 Å². The predicted molar refractivity (Wildman–Crippen MR) is 64.0 cm³/mol. The Morgan fingerprint density at radius 2 is 2.06 bits per heavy atom. The molecule has 3 atom stereocenters. The van der Waals surface area contributed by atoms with E-state index in [0.29, 0.717) is 17.7 Å². The summed E-state index contributed by atoms with van der Waals surface area (Å²) in [5, 5.41) is -0.0529. The Morgan fingerprint density at radius 3 is 2.75 bits per heavy atom. The van der Waals surface area contributed by atoms with Crippen molar-refractivity contribution in [2.24, 2.45) is 5.92 Å². The first-order valence-electron chi connectivity index (χ1n) is 6.29. The minimum Gasteiger partial charge on any atom is -0.295 e. The number of sulfone groups is 1. The van der Waals surface area contributed by atoms with Gasteiger partial charge in [-0.15, -0.1) is 0 Å². The van der Waals surface area contributed by atoms with Crippen LogP contribution >= 0.6 is 0 Å². The van der Waals surface area contributed by atoms with Crippen LogP contribution in [0.3, 0.4) is 0 Å². The molecule has 16 heavy (non-hydrogen) atoms. The summed E-state index contributed by atoms with van der Waals surface area (Å²) in [5.41, 5.74) is 0. The maximum absolute atomic E-state index is 11.8. The molecule has 0 N–H and O–H groups in total. The van der Waals surface area contributed by atoms with Crippen LogP contribution in [0.5, 0.6) is 0 Å². The monoisotopic (exact) mass is 241 g/mol. The second-order valence-corrected chi connectivity index (χ2v) is 7.67. The third-order valence-corrected chi connectivity index (χ3v) is 6.60. The number of hydrogen-bond acceptors (Lipinski definition) is 3. The number of nitrogens with zero attached hydrogens (tertiary/aromatic N) is 1. The van der Waals surface area contributed by atoms with Crippen LogP contribution in [0.25, 0.3) is 0 Å². The molecule has 3 aliphatic rings. The lowest BCUT2D eigenvalue weighted by Crippen LogP contribution is -2.35. The fraction of sp³-hybridized carbons (Fsp3) is 0.833. The molecule has 2 aliphatic heterocycles. The van der Waals surface area contributed by atoms with Crippen molar-refractivity contribution < 1.29 is 8.42 Å². The number of likely N-dealkylation sites (tertiary alicyclic amines) is 1. The highest BCUT2D eigenvalue weighted by atomic mass is 32.2. The summed E-state index contributed by atoms with van der Waals surface area (Å²) in [6.07, 6.45) is 9.05. The molecule has 3 rings (SSSR count). The number of allylic oxidation sites excluding steroid dienone is 1. The van der Waals surface area contributed by atoms with Gasteiger partial charge >= 0.3 is 0 Å². The van der Waals surface area contributed by atoms with Crippen LogP contribution in [0, 0.1) is 5.92 Å². The Hall–Kier alpha value is -0.350. The highest BCUT2D eigenvalue weighted by Gasteiger charge is 2.47. The van der Waals surface area contributed by atoms with Gasteiger partial charge in [-0.2, -0.15) is 0 Å². The molecule has 1 aliphatic carbocycles. The smallest absolute Gasteiger partial charge is 0.154 e. The first-order valence-corrected chi connectivity index (χ1v) is 8.01. The molecular weight excluding hydrogens is 222 g/mol. The summed E-state index contributed by atoms with van der Waals surface area (Å²) in [7, 11) is -2.76. The molecule has 2 heterocycles. The van der Waals surface area contributed by atoms with Gasteiger partial charge in [0, 0.05) is 19.1 Å². The van der Waals surface area contributed by atoms with Crippen LogP contribution in [0.2, 0.25) is 0 Å². The second kappa shape index (κ2) is 3.84. The number of rotatable bonds is 1. The van der Waals surface area contributed by atoms with E-state index in [1.165, 1.54) is 19.3 Å². The molecule has 0 spiro atoms. The highest BCUT2D eigenvalue weighted by molar-refractivity contribution is 7.92. The Bertz CT molecular complexity index is 401. The normalized spacial score (nSPS) is 42.4. The minimum atomic E-state index is -2.76. The average molecular weight is 241 g/mol. The SMILES string of the molecule is O=S1(=O)CC[C@H]2CN([C@@H]3C=CCCC3)C[C@H]21. The standard InChI is InChI=1S/C12H19NO2S/c14-16(15)7-6-10-8-13(9-12(10)16)11-4-2-1-3-5-11/h2,4,10-12H,1,3,5-9H2/t10-,11+,12+/m0/s1. The van der Waals surface area contributed by atoms with E-state index < -0.39 is 9.84 Å². The van der Waals surface area contributed by atoms with Crippen molar-refractivity contribution in [3.8, 4) is 0 Å². The van der Waals surface area contributed by atoms with Gasteiger partial charge in [0.2, 0.25) is 0 Å². The first kappa shape index (κ1) is 10.8. The van der Waals surface area contributed by atoms with Crippen LogP contribution in [0.1, 0.15) is 25.7 Å². The van der Waals surface area contributed by atoms with Gasteiger partial charge < -0.3 is 0 Å². The van der Waals surface area contributed by atoms with Crippen molar-refractivity contribution in [3.05, 3.63) is 12.2 Å². The van der Waals surface area contributed by atoms with E-state index in [1.807, 2.05) is 0 Å². The Kier molecular flexibility index (Phi) is 2.59. The Morgan fingerprint density at radius 1 is 1.19 bits per heavy atom. The molecule has 0 saturated carbocycles. The van der Waals surface area contributed by atoms with Gasteiger partial charge in [-0.05, 0) is 31.6 Å². The maximum atomic E-state index is 11.8.